The monoisotopic (exact) mass is 461 g/mol. The summed E-state index contributed by atoms with van der Waals surface area (Å²) in [6.45, 7) is 1.35. The third-order valence-corrected chi connectivity index (χ3v) is 4.64. The number of aromatic nitrogens is 3. The molecule has 0 aliphatic heterocycles. The van der Waals surface area contributed by atoms with Crippen molar-refractivity contribution < 1.29 is 23.5 Å². The molecular weight excluding hydrogens is 441 g/mol. The number of ether oxygens (including phenoxy) is 2. The van der Waals surface area contributed by atoms with Crippen molar-refractivity contribution in [1.82, 2.24) is 14.5 Å². The molecule has 4 rings (SSSR count). The van der Waals surface area contributed by atoms with Crippen LogP contribution in [-0.2, 0) is 4.79 Å². The molecule has 172 valence electrons. The second kappa shape index (κ2) is 9.82. The molecule has 2 heterocycles. The number of methoxy groups -OCH3 is 1. The molecule has 2 N–H and O–H groups in total. The van der Waals surface area contributed by atoms with Gasteiger partial charge in [-0.3, -0.25) is 9.59 Å². The minimum Gasteiger partial charge on any atom is -0.497 e. The Morgan fingerprint density at radius 1 is 0.971 bits per heavy atom. The number of anilines is 2. The van der Waals surface area contributed by atoms with Crippen LogP contribution in [0.15, 0.2) is 73.3 Å². The molecule has 10 heteroatoms. The number of hydrogen-bond donors (Lipinski definition) is 2. The summed E-state index contributed by atoms with van der Waals surface area (Å²) in [5.41, 5.74) is 1.21. The predicted octanol–water partition coefficient (Wildman–Crippen LogP) is 4.42. The van der Waals surface area contributed by atoms with Gasteiger partial charge < -0.3 is 24.7 Å². The van der Waals surface area contributed by atoms with Crippen molar-refractivity contribution >= 4 is 23.3 Å². The number of hydrogen-bond acceptors (Lipinski definition) is 6. The highest BCUT2D eigenvalue weighted by molar-refractivity contribution is 6.02. The number of halogens is 1. The summed E-state index contributed by atoms with van der Waals surface area (Å²) < 4.78 is 27.0. The fraction of sp³-hybridized carbons (Fsp3) is 0.0833. The first-order valence-electron chi connectivity index (χ1n) is 10.1. The predicted molar refractivity (Wildman–Crippen MR) is 123 cm³/mol. The van der Waals surface area contributed by atoms with E-state index in [9.17, 15) is 14.0 Å². The fourth-order valence-corrected chi connectivity index (χ4v) is 3.04. The Labute approximate surface area is 194 Å². The van der Waals surface area contributed by atoms with Crippen molar-refractivity contribution in [3.8, 4) is 22.9 Å². The molecule has 0 unspecified atom stereocenters. The van der Waals surface area contributed by atoms with E-state index in [1.165, 1.54) is 43.7 Å². The van der Waals surface area contributed by atoms with E-state index in [1.807, 2.05) is 12.1 Å². The second-order valence-corrected chi connectivity index (χ2v) is 7.12. The molecule has 0 saturated heterocycles. The van der Waals surface area contributed by atoms with Gasteiger partial charge in [0, 0.05) is 42.8 Å². The standard InChI is InChI=1S/C24H20FN5O4/c1-15(31)28-23-12-19(9-10-26-23)34-22-8-3-16(11-20(22)25)29-24(32)21-13-30(14-27-21)17-4-6-18(33-2)7-5-17/h3-14H,1-2H3,(H,29,32)(H,26,28,31). The van der Waals surface area contributed by atoms with Gasteiger partial charge in [-0.25, -0.2) is 14.4 Å². The van der Waals surface area contributed by atoms with Gasteiger partial charge in [0.25, 0.3) is 5.91 Å². The van der Waals surface area contributed by atoms with Crippen molar-refractivity contribution in [2.45, 2.75) is 6.92 Å². The highest BCUT2D eigenvalue weighted by atomic mass is 19.1. The van der Waals surface area contributed by atoms with Crippen molar-refractivity contribution in [2.75, 3.05) is 17.7 Å². The molecule has 0 atom stereocenters. The fourth-order valence-electron chi connectivity index (χ4n) is 3.04. The van der Waals surface area contributed by atoms with Gasteiger partial charge in [-0.1, -0.05) is 0 Å². The third-order valence-electron chi connectivity index (χ3n) is 4.64. The Kier molecular flexibility index (Phi) is 6.49. The Bertz CT molecular complexity index is 1340. The van der Waals surface area contributed by atoms with E-state index < -0.39 is 11.7 Å². The smallest absolute Gasteiger partial charge is 0.275 e. The molecule has 0 saturated carbocycles. The Hall–Kier alpha value is -4.73. The first kappa shape index (κ1) is 22.5. The number of imidazole rings is 1. The lowest BCUT2D eigenvalue weighted by atomic mass is 10.2. The molecular formula is C24H20FN5O4. The van der Waals surface area contributed by atoms with Crippen molar-refractivity contribution in [3.63, 3.8) is 0 Å². The van der Waals surface area contributed by atoms with Gasteiger partial charge in [0.05, 0.1) is 7.11 Å². The van der Waals surface area contributed by atoms with Crippen LogP contribution in [0.5, 0.6) is 17.2 Å². The number of nitrogens with one attached hydrogen (secondary N) is 2. The lowest BCUT2D eigenvalue weighted by Gasteiger charge is -2.10. The number of carbonyl (C=O) groups excluding carboxylic acids is 2. The molecule has 34 heavy (non-hydrogen) atoms. The first-order valence-corrected chi connectivity index (χ1v) is 10.1. The zero-order chi connectivity index (χ0) is 24.1. The minimum absolute atomic E-state index is 0.0539. The lowest BCUT2D eigenvalue weighted by molar-refractivity contribution is -0.114. The highest BCUT2D eigenvalue weighted by Gasteiger charge is 2.13. The Morgan fingerprint density at radius 3 is 2.47 bits per heavy atom. The maximum absolute atomic E-state index is 14.6. The lowest BCUT2D eigenvalue weighted by Crippen LogP contribution is -2.12. The number of pyridine rings is 1. The summed E-state index contributed by atoms with van der Waals surface area (Å²) in [7, 11) is 1.58. The van der Waals surface area contributed by atoms with Gasteiger partial charge in [-0.15, -0.1) is 0 Å². The molecule has 2 amide bonds. The van der Waals surface area contributed by atoms with E-state index in [0.717, 1.165) is 11.8 Å². The van der Waals surface area contributed by atoms with E-state index in [0.29, 0.717) is 11.5 Å². The van der Waals surface area contributed by atoms with Crippen LogP contribution in [0.25, 0.3) is 5.69 Å². The molecule has 4 aromatic rings. The maximum Gasteiger partial charge on any atom is 0.275 e. The van der Waals surface area contributed by atoms with Crippen LogP contribution in [0, 0.1) is 5.82 Å². The van der Waals surface area contributed by atoms with Gasteiger partial charge in [0.1, 0.15) is 29.3 Å². The van der Waals surface area contributed by atoms with Crippen LogP contribution in [0.4, 0.5) is 15.9 Å². The largest absolute Gasteiger partial charge is 0.497 e. The van der Waals surface area contributed by atoms with Crippen LogP contribution < -0.4 is 20.1 Å². The van der Waals surface area contributed by atoms with Crippen LogP contribution in [0.2, 0.25) is 0 Å². The van der Waals surface area contributed by atoms with Crippen LogP contribution in [-0.4, -0.2) is 33.5 Å². The first-order chi connectivity index (χ1) is 16.4. The number of amides is 2. The van der Waals surface area contributed by atoms with Crippen molar-refractivity contribution in [2.24, 2.45) is 0 Å². The molecule has 0 aliphatic carbocycles. The number of benzene rings is 2. The molecule has 0 aliphatic rings. The summed E-state index contributed by atoms with van der Waals surface area (Å²) in [6, 6.07) is 14.3. The molecule has 2 aromatic heterocycles. The number of carbonyl (C=O) groups is 2. The third kappa shape index (κ3) is 5.36. The number of nitrogens with zero attached hydrogens (tertiary/aromatic N) is 3. The van der Waals surface area contributed by atoms with E-state index in [4.69, 9.17) is 9.47 Å². The summed E-state index contributed by atoms with van der Waals surface area (Å²) >= 11 is 0. The van der Waals surface area contributed by atoms with Crippen LogP contribution in [0.3, 0.4) is 0 Å². The summed E-state index contributed by atoms with van der Waals surface area (Å²) in [4.78, 5) is 31.8. The molecule has 0 bridgehead atoms. The van der Waals surface area contributed by atoms with Gasteiger partial charge in [-0.05, 0) is 42.5 Å². The number of rotatable bonds is 7. The van der Waals surface area contributed by atoms with Crippen molar-refractivity contribution in [1.29, 1.82) is 0 Å². The van der Waals surface area contributed by atoms with Crippen LogP contribution in [0.1, 0.15) is 17.4 Å². The SMILES string of the molecule is COc1ccc(-n2cnc(C(=O)Nc3ccc(Oc4ccnc(NC(C)=O)c4)c(F)c3)c2)cc1. The zero-order valence-electron chi connectivity index (χ0n) is 18.3. The van der Waals surface area contributed by atoms with Gasteiger partial charge in [0.15, 0.2) is 11.6 Å². The molecule has 0 spiro atoms. The van der Waals surface area contributed by atoms with E-state index in [1.54, 1.807) is 30.0 Å². The molecule has 0 radical (unpaired) electrons. The van der Waals surface area contributed by atoms with Crippen molar-refractivity contribution in [3.05, 3.63) is 84.8 Å². The Balaban J connectivity index is 1.43. The maximum atomic E-state index is 14.6. The Morgan fingerprint density at radius 2 is 1.76 bits per heavy atom. The summed E-state index contributed by atoms with van der Waals surface area (Å²) in [6.07, 6.45) is 4.51. The molecule has 0 fully saturated rings. The molecule has 2 aromatic carbocycles. The van der Waals surface area contributed by atoms with Gasteiger partial charge in [-0.2, -0.15) is 0 Å². The summed E-state index contributed by atoms with van der Waals surface area (Å²) in [5.74, 6) is -0.226. The average molecular weight is 461 g/mol. The molecule has 9 nitrogen and oxygen atoms in total. The van der Waals surface area contributed by atoms with Crippen LogP contribution >= 0.6 is 0 Å². The normalized spacial score (nSPS) is 10.4. The van der Waals surface area contributed by atoms with Gasteiger partial charge in [0.2, 0.25) is 5.91 Å². The minimum atomic E-state index is -0.681. The highest BCUT2D eigenvalue weighted by Crippen LogP contribution is 2.28. The van der Waals surface area contributed by atoms with E-state index >= 15 is 0 Å². The topological polar surface area (TPSA) is 107 Å². The summed E-state index contributed by atoms with van der Waals surface area (Å²) in [5, 5.41) is 5.14. The van der Waals surface area contributed by atoms with E-state index in [2.05, 4.69) is 20.6 Å². The second-order valence-electron chi connectivity index (χ2n) is 7.12. The average Bonchev–Trinajstić information content (AvgIpc) is 3.31. The van der Waals surface area contributed by atoms with E-state index in [-0.39, 0.29) is 28.9 Å². The quantitative estimate of drug-likeness (QED) is 0.422. The van der Waals surface area contributed by atoms with Gasteiger partial charge >= 0.3 is 0 Å². The zero-order valence-corrected chi connectivity index (χ0v) is 18.3.